The molecule has 13 heteroatoms. The molecule has 2 heterocycles. The van der Waals surface area contributed by atoms with E-state index in [1.54, 1.807) is 24.3 Å². The normalized spacial score (nSPS) is 16.9. The van der Waals surface area contributed by atoms with Gasteiger partial charge in [0.25, 0.3) is 0 Å². The predicted molar refractivity (Wildman–Crippen MR) is 126 cm³/mol. The smallest absolute Gasteiger partial charge is 0.419 e. The fourth-order valence-corrected chi connectivity index (χ4v) is 6.10. The summed E-state index contributed by atoms with van der Waals surface area (Å²) in [4.78, 5) is 10.8. The van der Waals surface area contributed by atoms with Crippen molar-refractivity contribution in [1.29, 1.82) is 0 Å². The van der Waals surface area contributed by atoms with Gasteiger partial charge in [0.1, 0.15) is 11.6 Å². The molecule has 2 aliphatic heterocycles. The monoisotopic (exact) mass is 537 g/mol. The Morgan fingerprint density at radius 3 is 1.92 bits per heavy atom. The van der Waals surface area contributed by atoms with Crippen molar-refractivity contribution in [3.8, 4) is 22.6 Å². The predicted octanol–water partition coefficient (Wildman–Crippen LogP) is 6.55. The van der Waals surface area contributed by atoms with Crippen LogP contribution in [0.2, 0.25) is 0 Å². The van der Waals surface area contributed by atoms with Crippen molar-refractivity contribution in [1.82, 2.24) is 9.34 Å². The first-order valence-corrected chi connectivity index (χ1v) is 12.8. The van der Waals surface area contributed by atoms with Gasteiger partial charge in [-0.2, -0.15) is 13.2 Å². The number of alkyl halides is 3. The van der Waals surface area contributed by atoms with Crippen LogP contribution in [0.1, 0.15) is 11.7 Å². The lowest BCUT2D eigenvalue weighted by atomic mass is 10.1. The standard InChI is InChI=1S/C24H20F4N3O5P/c25-19-6-1-16(2-7-19)17-3-8-20(9-4-17)35-22-15-18(5-10-21(22)31(32)33)23(24(26,27)28)36-37(34,29-11-12-29)30-13-14-30/h1-10,15,23H,11-14H2. The molecule has 1 atom stereocenters. The molecular weight excluding hydrogens is 517 g/mol. The van der Waals surface area contributed by atoms with Crippen molar-refractivity contribution < 1.29 is 36.3 Å². The van der Waals surface area contributed by atoms with Gasteiger partial charge in [0.05, 0.1) is 4.92 Å². The number of ether oxygens (including phenoxy) is 1. The second-order valence-corrected chi connectivity index (χ2v) is 10.9. The third kappa shape index (κ3) is 5.52. The van der Waals surface area contributed by atoms with Gasteiger partial charge in [0.15, 0.2) is 6.10 Å². The van der Waals surface area contributed by atoms with Gasteiger partial charge in [0.2, 0.25) is 5.75 Å². The lowest BCUT2D eigenvalue weighted by Gasteiger charge is -2.28. The summed E-state index contributed by atoms with van der Waals surface area (Å²) < 4.78 is 82.2. The fraction of sp³-hybridized carbons (Fsp3) is 0.250. The van der Waals surface area contributed by atoms with E-state index < -0.39 is 47.7 Å². The van der Waals surface area contributed by atoms with Gasteiger partial charge < -0.3 is 4.74 Å². The number of rotatable bonds is 9. The van der Waals surface area contributed by atoms with Gasteiger partial charge >= 0.3 is 19.5 Å². The van der Waals surface area contributed by atoms with E-state index in [-0.39, 0.29) is 5.75 Å². The maximum absolute atomic E-state index is 14.1. The number of hydrogen-bond donors (Lipinski definition) is 0. The van der Waals surface area contributed by atoms with Gasteiger partial charge in [-0.15, -0.1) is 0 Å². The zero-order chi connectivity index (χ0) is 26.4. The van der Waals surface area contributed by atoms with Gasteiger partial charge in [-0.3, -0.25) is 19.2 Å². The summed E-state index contributed by atoms with van der Waals surface area (Å²) in [5, 5.41) is 11.6. The van der Waals surface area contributed by atoms with E-state index in [9.17, 15) is 32.2 Å². The first-order chi connectivity index (χ1) is 17.5. The summed E-state index contributed by atoms with van der Waals surface area (Å²) in [5.41, 5.74) is 0.405. The van der Waals surface area contributed by atoms with E-state index in [4.69, 9.17) is 9.26 Å². The molecule has 2 saturated heterocycles. The highest BCUT2D eigenvalue weighted by Crippen LogP contribution is 2.64. The number of hydrogen-bond acceptors (Lipinski definition) is 5. The van der Waals surface area contributed by atoms with Crippen LogP contribution in [0.25, 0.3) is 11.1 Å². The lowest BCUT2D eigenvalue weighted by Crippen LogP contribution is -2.25. The van der Waals surface area contributed by atoms with Crippen molar-refractivity contribution in [3.63, 3.8) is 0 Å². The Bertz CT molecular complexity index is 1340. The molecule has 0 saturated carbocycles. The third-order valence-corrected chi connectivity index (χ3v) is 8.56. The summed E-state index contributed by atoms with van der Waals surface area (Å²) in [5.74, 6) is -0.686. The molecule has 37 heavy (non-hydrogen) atoms. The number of nitro groups is 1. The average Bonchev–Trinajstić information content (AvgIpc) is 3.75. The summed E-state index contributed by atoms with van der Waals surface area (Å²) in [7, 11) is -3.86. The first kappa shape index (κ1) is 25.3. The molecule has 0 aliphatic carbocycles. The van der Waals surface area contributed by atoms with Crippen molar-refractivity contribution in [2.45, 2.75) is 12.3 Å². The van der Waals surface area contributed by atoms with Gasteiger partial charge in [0, 0.05) is 32.2 Å². The van der Waals surface area contributed by atoms with Gasteiger partial charge in [-0.25, -0.2) is 13.7 Å². The molecule has 5 rings (SSSR count). The molecule has 8 nitrogen and oxygen atoms in total. The topological polar surface area (TPSA) is 84.7 Å². The number of benzene rings is 3. The minimum Gasteiger partial charge on any atom is -0.450 e. The number of nitrogens with zero attached hydrogens (tertiary/aromatic N) is 3. The molecule has 0 amide bonds. The highest BCUT2D eigenvalue weighted by atomic mass is 31.2. The highest BCUT2D eigenvalue weighted by Gasteiger charge is 2.55. The van der Waals surface area contributed by atoms with E-state index in [2.05, 4.69) is 0 Å². The summed E-state index contributed by atoms with van der Waals surface area (Å²) in [6.45, 7) is 1.45. The Hall–Kier alpha value is -3.31. The Morgan fingerprint density at radius 2 is 1.43 bits per heavy atom. The maximum atomic E-state index is 14.1. The molecule has 0 aromatic heterocycles. The van der Waals surface area contributed by atoms with Crippen LogP contribution < -0.4 is 4.74 Å². The van der Waals surface area contributed by atoms with Crippen LogP contribution in [-0.2, 0) is 9.09 Å². The number of halogens is 4. The molecule has 3 aromatic carbocycles. The molecule has 194 valence electrons. The minimum absolute atomic E-state index is 0.134. The Kier molecular flexibility index (Phi) is 6.53. The van der Waals surface area contributed by atoms with Crippen LogP contribution >= 0.6 is 7.67 Å². The zero-order valence-electron chi connectivity index (χ0n) is 19.1. The van der Waals surface area contributed by atoms with Crippen molar-refractivity contribution >= 4 is 13.4 Å². The van der Waals surface area contributed by atoms with E-state index >= 15 is 0 Å². The average molecular weight is 537 g/mol. The molecule has 2 aliphatic rings. The molecule has 0 radical (unpaired) electrons. The molecule has 0 bridgehead atoms. The van der Waals surface area contributed by atoms with Crippen molar-refractivity contribution in [3.05, 3.63) is 88.2 Å². The SMILES string of the molecule is O=[N+]([O-])c1ccc(C(OP(=O)(N2CC2)N2CC2)C(F)(F)F)cc1Oc1ccc(-c2ccc(F)cc2)cc1. The summed E-state index contributed by atoms with van der Waals surface area (Å²) in [6, 6.07) is 14.7. The van der Waals surface area contributed by atoms with E-state index in [0.717, 1.165) is 18.2 Å². The van der Waals surface area contributed by atoms with Crippen molar-refractivity contribution in [2.75, 3.05) is 26.2 Å². The first-order valence-electron chi connectivity index (χ1n) is 11.2. The Labute approximate surface area is 208 Å². The van der Waals surface area contributed by atoms with Gasteiger partial charge in [-0.05, 0) is 53.1 Å². The van der Waals surface area contributed by atoms with Gasteiger partial charge in [-0.1, -0.05) is 24.3 Å². The Balaban J connectivity index is 1.44. The summed E-state index contributed by atoms with van der Waals surface area (Å²) >= 11 is 0. The van der Waals surface area contributed by atoms with Crippen LogP contribution in [0.4, 0.5) is 23.2 Å². The summed E-state index contributed by atoms with van der Waals surface area (Å²) in [6.07, 6.45) is -7.52. The van der Waals surface area contributed by atoms with Crippen LogP contribution in [0.15, 0.2) is 66.7 Å². The zero-order valence-corrected chi connectivity index (χ0v) is 20.0. The minimum atomic E-state index is -4.94. The molecular formula is C24H20F4N3O5P. The largest absolute Gasteiger partial charge is 0.450 e. The second-order valence-electron chi connectivity index (χ2n) is 8.54. The molecule has 3 aromatic rings. The number of nitro benzene ring substituents is 1. The second kappa shape index (κ2) is 9.53. The Morgan fingerprint density at radius 1 is 0.892 bits per heavy atom. The quantitative estimate of drug-likeness (QED) is 0.101. The van der Waals surface area contributed by atoms with Crippen LogP contribution in [-0.4, -0.2) is 46.6 Å². The van der Waals surface area contributed by atoms with Crippen LogP contribution in [0.3, 0.4) is 0 Å². The third-order valence-electron chi connectivity index (χ3n) is 5.85. The molecule has 0 spiro atoms. The van der Waals surface area contributed by atoms with Crippen LogP contribution in [0, 0.1) is 15.9 Å². The highest BCUT2D eigenvalue weighted by molar-refractivity contribution is 7.54. The van der Waals surface area contributed by atoms with E-state index in [1.165, 1.54) is 33.6 Å². The van der Waals surface area contributed by atoms with Crippen molar-refractivity contribution in [2.24, 2.45) is 0 Å². The molecule has 2 fully saturated rings. The van der Waals surface area contributed by atoms with E-state index in [0.29, 0.717) is 37.3 Å². The van der Waals surface area contributed by atoms with E-state index in [1.807, 2.05) is 0 Å². The molecule has 0 N–H and O–H groups in total. The fourth-order valence-electron chi connectivity index (χ4n) is 3.77. The van der Waals surface area contributed by atoms with Crippen LogP contribution in [0.5, 0.6) is 11.5 Å². The lowest BCUT2D eigenvalue weighted by molar-refractivity contribution is -0.385. The maximum Gasteiger partial charge on any atom is 0.419 e. The molecule has 1 unspecified atom stereocenters.